The number of para-hydroxylation sites is 1. The van der Waals surface area contributed by atoms with Gasteiger partial charge in [-0.25, -0.2) is 4.79 Å². The molecule has 0 aromatic heterocycles. The second-order valence-corrected chi connectivity index (χ2v) is 5.46. The Morgan fingerprint density at radius 1 is 1.25 bits per heavy atom. The first-order valence-electron chi connectivity index (χ1n) is 7.43. The van der Waals surface area contributed by atoms with Crippen molar-refractivity contribution in [3.8, 4) is 5.75 Å². The van der Waals surface area contributed by atoms with Gasteiger partial charge in [0.15, 0.2) is 0 Å². The van der Waals surface area contributed by atoms with Crippen molar-refractivity contribution in [3.63, 3.8) is 0 Å². The molecule has 0 saturated heterocycles. The van der Waals surface area contributed by atoms with Gasteiger partial charge in [0.25, 0.3) is 0 Å². The summed E-state index contributed by atoms with van der Waals surface area (Å²) >= 11 is 0. The summed E-state index contributed by atoms with van der Waals surface area (Å²) in [5.74, 6) is -0.924. The lowest BCUT2D eigenvalue weighted by atomic mass is 10.0. The van der Waals surface area contributed by atoms with E-state index in [2.05, 4.69) is 14.8 Å². The van der Waals surface area contributed by atoms with E-state index in [-0.39, 0.29) is 11.7 Å². The molecule has 0 radical (unpaired) electrons. The summed E-state index contributed by atoms with van der Waals surface area (Å²) in [5.41, 5.74) is 0.325. The number of hydrogen-bond acceptors (Lipinski definition) is 4. The van der Waals surface area contributed by atoms with Crippen LogP contribution in [0, 0.1) is 5.92 Å². The summed E-state index contributed by atoms with van der Waals surface area (Å²) < 4.78 is 33.7. The van der Waals surface area contributed by atoms with Gasteiger partial charge in [-0.15, -0.1) is 0 Å². The van der Waals surface area contributed by atoms with Crippen LogP contribution in [0.15, 0.2) is 30.3 Å². The summed E-state index contributed by atoms with van der Waals surface area (Å²) in [5, 5.41) is 2.54. The van der Waals surface area contributed by atoms with Crippen LogP contribution in [0.25, 0.3) is 6.08 Å². The second kappa shape index (κ2) is 9.64. The van der Waals surface area contributed by atoms with E-state index in [0.717, 1.165) is 6.08 Å². The number of alkyl halides is 2. The number of ether oxygens (including phenoxy) is 2. The van der Waals surface area contributed by atoms with Crippen molar-refractivity contribution >= 4 is 18.0 Å². The lowest BCUT2D eigenvalue weighted by Gasteiger charge is -2.17. The number of carbonyl (C=O) groups excluding carboxylic acids is 2. The number of benzene rings is 1. The Morgan fingerprint density at radius 2 is 1.92 bits per heavy atom. The van der Waals surface area contributed by atoms with Crippen molar-refractivity contribution in [1.82, 2.24) is 5.32 Å². The third-order valence-corrected chi connectivity index (χ3v) is 3.06. The van der Waals surface area contributed by atoms with Crippen molar-refractivity contribution in [2.24, 2.45) is 5.92 Å². The first-order chi connectivity index (χ1) is 11.3. The molecule has 5 nitrogen and oxygen atoms in total. The molecular formula is C17H21F2NO4. The zero-order valence-electron chi connectivity index (χ0n) is 13.8. The molecule has 0 fully saturated rings. The van der Waals surface area contributed by atoms with Crippen LogP contribution in [0.2, 0.25) is 0 Å². The number of nitrogens with one attached hydrogen (secondary N) is 1. The number of rotatable bonds is 8. The van der Waals surface area contributed by atoms with Gasteiger partial charge in [-0.05, 0) is 24.5 Å². The van der Waals surface area contributed by atoms with E-state index in [0.29, 0.717) is 12.0 Å². The Bertz CT molecular complexity index is 588. The fraction of sp³-hybridized carbons (Fsp3) is 0.412. The maximum atomic E-state index is 12.3. The zero-order valence-corrected chi connectivity index (χ0v) is 13.8. The van der Waals surface area contributed by atoms with Crippen LogP contribution in [0.1, 0.15) is 25.8 Å². The van der Waals surface area contributed by atoms with Gasteiger partial charge in [-0.3, -0.25) is 4.79 Å². The highest BCUT2D eigenvalue weighted by Gasteiger charge is 2.21. The first-order valence-corrected chi connectivity index (χ1v) is 7.43. The Morgan fingerprint density at radius 3 is 2.50 bits per heavy atom. The molecule has 1 N–H and O–H groups in total. The topological polar surface area (TPSA) is 64.6 Å². The summed E-state index contributed by atoms with van der Waals surface area (Å²) in [6.07, 6.45) is 2.93. The van der Waals surface area contributed by atoms with Crippen LogP contribution in [-0.2, 0) is 14.3 Å². The fourth-order valence-corrected chi connectivity index (χ4v) is 2.03. The van der Waals surface area contributed by atoms with Gasteiger partial charge in [-0.2, -0.15) is 8.78 Å². The molecule has 7 heteroatoms. The van der Waals surface area contributed by atoms with Gasteiger partial charge in [0, 0.05) is 11.6 Å². The third-order valence-electron chi connectivity index (χ3n) is 3.06. The summed E-state index contributed by atoms with van der Waals surface area (Å²) in [6, 6.07) is 5.32. The van der Waals surface area contributed by atoms with Crippen molar-refractivity contribution < 1.29 is 27.8 Å². The van der Waals surface area contributed by atoms with Crippen LogP contribution in [0.4, 0.5) is 8.78 Å². The van der Waals surface area contributed by atoms with E-state index < -0.39 is 24.5 Å². The minimum Gasteiger partial charge on any atom is -0.467 e. The molecule has 0 spiro atoms. The normalized spacial score (nSPS) is 12.5. The minimum absolute atomic E-state index is 0.0387. The molecule has 0 aliphatic rings. The van der Waals surface area contributed by atoms with Crippen LogP contribution in [0.3, 0.4) is 0 Å². The van der Waals surface area contributed by atoms with E-state index in [4.69, 9.17) is 0 Å². The Hall–Kier alpha value is -2.44. The van der Waals surface area contributed by atoms with Gasteiger partial charge < -0.3 is 14.8 Å². The average molecular weight is 341 g/mol. The molecule has 1 aromatic rings. The van der Waals surface area contributed by atoms with Crippen molar-refractivity contribution in [2.75, 3.05) is 7.11 Å². The van der Waals surface area contributed by atoms with Crippen LogP contribution >= 0.6 is 0 Å². The van der Waals surface area contributed by atoms with Crippen molar-refractivity contribution in [3.05, 3.63) is 35.9 Å². The Balaban J connectivity index is 2.79. The van der Waals surface area contributed by atoms with Crippen molar-refractivity contribution in [2.45, 2.75) is 32.9 Å². The summed E-state index contributed by atoms with van der Waals surface area (Å²) in [6.45, 7) is 0.870. The molecule has 0 aliphatic carbocycles. The predicted octanol–water partition coefficient (Wildman–Crippen LogP) is 3.01. The lowest BCUT2D eigenvalue weighted by molar-refractivity contribution is -0.145. The highest BCUT2D eigenvalue weighted by atomic mass is 19.3. The van der Waals surface area contributed by atoms with E-state index in [1.54, 1.807) is 12.1 Å². The first kappa shape index (κ1) is 19.6. The highest BCUT2D eigenvalue weighted by Crippen LogP contribution is 2.21. The number of hydrogen-bond donors (Lipinski definition) is 1. The molecule has 0 heterocycles. The Labute approximate surface area is 139 Å². The largest absolute Gasteiger partial charge is 0.467 e. The highest BCUT2D eigenvalue weighted by molar-refractivity contribution is 5.94. The minimum atomic E-state index is -2.96. The molecule has 0 saturated carbocycles. The number of methoxy groups -OCH3 is 1. The fourth-order valence-electron chi connectivity index (χ4n) is 2.03. The van der Waals surface area contributed by atoms with Gasteiger partial charge in [0.05, 0.1) is 7.11 Å². The van der Waals surface area contributed by atoms with E-state index in [1.165, 1.54) is 25.3 Å². The summed E-state index contributed by atoms with van der Waals surface area (Å²) in [7, 11) is 1.25. The molecule has 1 rings (SSSR count). The number of esters is 1. The van der Waals surface area contributed by atoms with E-state index in [9.17, 15) is 18.4 Å². The van der Waals surface area contributed by atoms with Gasteiger partial charge >= 0.3 is 12.6 Å². The Kier molecular flexibility index (Phi) is 7.88. The van der Waals surface area contributed by atoms with E-state index >= 15 is 0 Å². The number of carbonyl (C=O) groups is 2. The predicted molar refractivity (Wildman–Crippen MR) is 85.5 cm³/mol. The molecule has 1 atom stereocenters. The third kappa shape index (κ3) is 6.76. The molecule has 1 amide bonds. The van der Waals surface area contributed by atoms with Crippen LogP contribution in [-0.4, -0.2) is 31.6 Å². The molecular weight excluding hydrogens is 320 g/mol. The average Bonchev–Trinajstić information content (AvgIpc) is 2.51. The SMILES string of the molecule is COC(=O)C(CC(C)C)NC(=O)/C=C/c1ccccc1OC(F)F. The molecule has 1 aromatic carbocycles. The lowest BCUT2D eigenvalue weighted by Crippen LogP contribution is -2.41. The van der Waals surface area contributed by atoms with Crippen LogP contribution < -0.4 is 10.1 Å². The zero-order chi connectivity index (χ0) is 18.1. The van der Waals surface area contributed by atoms with E-state index in [1.807, 2.05) is 13.8 Å². The maximum Gasteiger partial charge on any atom is 0.387 e. The molecule has 132 valence electrons. The quantitative estimate of drug-likeness (QED) is 0.583. The molecule has 0 bridgehead atoms. The van der Waals surface area contributed by atoms with Crippen molar-refractivity contribution in [1.29, 1.82) is 0 Å². The second-order valence-electron chi connectivity index (χ2n) is 5.46. The number of amides is 1. The standard InChI is InChI=1S/C17H21F2NO4/c1-11(2)10-13(16(22)23-3)20-15(21)9-8-12-6-4-5-7-14(12)24-17(18)19/h4-9,11,13,17H,10H2,1-3H3,(H,20,21)/b9-8+. The smallest absolute Gasteiger partial charge is 0.387 e. The molecule has 24 heavy (non-hydrogen) atoms. The molecule has 0 aliphatic heterocycles. The maximum absolute atomic E-state index is 12.3. The van der Waals surface area contributed by atoms with Gasteiger partial charge in [0.2, 0.25) is 5.91 Å². The number of halogens is 2. The summed E-state index contributed by atoms with van der Waals surface area (Å²) in [4.78, 5) is 23.6. The molecule has 1 unspecified atom stereocenters. The monoisotopic (exact) mass is 341 g/mol. The van der Waals surface area contributed by atoms with Crippen LogP contribution in [0.5, 0.6) is 5.75 Å². The van der Waals surface area contributed by atoms with Gasteiger partial charge in [-0.1, -0.05) is 32.0 Å². The van der Waals surface area contributed by atoms with Gasteiger partial charge in [0.1, 0.15) is 11.8 Å².